The van der Waals surface area contributed by atoms with Crippen LogP contribution < -0.4 is 10.5 Å². The predicted molar refractivity (Wildman–Crippen MR) is 58.4 cm³/mol. The fourth-order valence-corrected chi connectivity index (χ4v) is 1.36. The van der Waals surface area contributed by atoms with Crippen molar-refractivity contribution in [3.63, 3.8) is 0 Å². The highest BCUT2D eigenvalue weighted by atomic mass is 16.5. The largest absolute Gasteiger partial charge is 0.481 e. The van der Waals surface area contributed by atoms with Gasteiger partial charge in [-0.3, -0.25) is 4.98 Å². The van der Waals surface area contributed by atoms with E-state index in [9.17, 15) is 0 Å². The second-order valence-electron chi connectivity index (χ2n) is 3.05. The topological polar surface area (TPSA) is 61.0 Å². The molecule has 0 aliphatic heterocycles. The summed E-state index contributed by atoms with van der Waals surface area (Å²) in [5.74, 6) is 0.573. The summed E-state index contributed by atoms with van der Waals surface area (Å²) in [6.07, 6.45) is 5.02. The predicted octanol–water partition coefficient (Wildman–Crippen LogP) is 1.73. The molecule has 2 rings (SSSR count). The number of anilines is 1. The van der Waals surface area contributed by atoms with Gasteiger partial charge in [0, 0.05) is 24.0 Å². The number of rotatable bonds is 2. The van der Waals surface area contributed by atoms with Crippen LogP contribution in [-0.2, 0) is 0 Å². The zero-order valence-corrected chi connectivity index (χ0v) is 8.34. The highest BCUT2D eigenvalue weighted by molar-refractivity contribution is 5.75. The lowest BCUT2D eigenvalue weighted by molar-refractivity contribution is 0.398. The molecule has 0 amide bonds. The molecule has 0 atom stereocenters. The van der Waals surface area contributed by atoms with Crippen molar-refractivity contribution >= 4 is 5.69 Å². The van der Waals surface area contributed by atoms with Crippen LogP contribution in [0.25, 0.3) is 11.1 Å². The van der Waals surface area contributed by atoms with Crippen molar-refractivity contribution in [1.29, 1.82) is 0 Å². The van der Waals surface area contributed by atoms with Crippen LogP contribution >= 0.6 is 0 Å². The zero-order chi connectivity index (χ0) is 10.7. The van der Waals surface area contributed by atoms with Gasteiger partial charge < -0.3 is 10.5 Å². The van der Waals surface area contributed by atoms with Gasteiger partial charge in [0.15, 0.2) is 0 Å². The molecule has 0 spiro atoms. The molecule has 4 heteroatoms. The number of nitrogen functional groups attached to an aromatic ring is 1. The summed E-state index contributed by atoms with van der Waals surface area (Å²) in [5, 5.41) is 0. The molecule has 2 aromatic heterocycles. The monoisotopic (exact) mass is 201 g/mol. The minimum atomic E-state index is 0.573. The van der Waals surface area contributed by atoms with E-state index in [1.807, 2.05) is 18.2 Å². The third-order valence-corrected chi connectivity index (χ3v) is 2.11. The number of aromatic nitrogens is 2. The Kier molecular flexibility index (Phi) is 2.49. The van der Waals surface area contributed by atoms with E-state index in [0.717, 1.165) is 11.1 Å². The molecule has 0 unspecified atom stereocenters. The van der Waals surface area contributed by atoms with Gasteiger partial charge in [-0.2, -0.15) is 0 Å². The maximum atomic E-state index is 5.82. The summed E-state index contributed by atoms with van der Waals surface area (Å²) in [6, 6.07) is 5.59. The molecule has 2 N–H and O–H groups in total. The molecule has 2 aromatic rings. The Labute approximate surface area is 87.7 Å². The quantitative estimate of drug-likeness (QED) is 0.803. The Hall–Kier alpha value is -2.10. The lowest BCUT2D eigenvalue weighted by Gasteiger charge is -2.05. The number of ether oxygens (including phenoxy) is 1. The normalized spacial score (nSPS) is 9.93. The Morgan fingerprint density at radius 3 is 2.87 bits per heavy atom. The average Bonchev–Trinajstić information content (AvgIpc) is 2.30. The molecule has 4 nitrogen and oxygen atoms in total. The summed E-state index contributed by atoms with van der Waals surface area (Å²) in [6.45, 7) is 0. The van der Waals surface area contributed by atoms with Gasteiger partial charge in [0.05, 0.1) is 19.0 Å². The first-order valence-corrected chi connectivity index (χ1v) is 4.51. The van der Waals surface area contributed by atoms with Crippen LogP contribution in [0.1, 0.15) is 0 Å². The molecule has 0 saturated heterocycles. The van der Waals surface area contributed by atoms with E-state index in [4.69, 9.17) is 10.5 Å². The number of methoxy groups -OCH3 is 1. The maximum absolute atomic E-state index is 5.82. The Bertz CT molecular complexity index is 471. The number of pyridine rings is 2. The summed E-state index contributed by atoms with van der Waals surface area (Å²) in [4.78, 5) is 7.98. The van der Waals surface area contributed by atoms with Crippen molar-refractivity contribution in [3.05, 3.63) is 36.8 Å². The smallest absolute Gasteiger partial charge is 0.213 e. The average molecular weight is 201 g/mol. The maximum Gasteiger partial charge on any atom is 0.213 e. The first kappa shape index (κ1) is 9.45. The summed E-state index contributed by atoms with van der Waals surface area (Å²) < 4.78 is 5.05. The minimum absolute atomic E-state index is 0.573. The van der Waals surface area contributed by atoms with E-state index in [-0.39, 0.29) is 0 Å². The van der Waals surface area contributed by atoms with Gasteiger partial charge >= 0.3 is 0 Å². The highest BCUT2D eigenvalue weighted by Gasteiger charge is 2.03. The van der Waals surface area contributed by atoms with Crippen molar-refractivity contribution in [2.45, 2.75) is 0 Å². The molecular weight excluding hydrogens is 190 g/mol. The fraction of sp³-hybridized carbons (Fsp3) is 0.0909. The lowest BCUT2D eigenvalue weighted by atomic mass is 10.1. The third kappa shape index (κ3) is 1.88. The van der Waals surface area contributed by atoms with Gasteiger partial charge in [0.25, 0.3) is 0 Å². The van der Waals surface area contributed by atoms with Gasteiger partial charge in [-0.1, -0.05) is 0 Å². The van der Waals surface area contributed by atoms with Crippen LogP contribution in [0.2, 0.25) is 0 Å². The summed E-state index contributed by atoms with van der Waals surface area (Å²) in [7, 11) is 1.59. The number of hydrogen-bond donors (Lipinski definition) is 1. The van der Waals surface area contributed by atoms with Crippen molar-refractivity contribution in [2.24, 2.45) is 0 Å². The van der Waals surface area contributed by atoms with Crippen LogP contribution in [0.5, 0.6) is 5.88 Å². The van der Waals surface area contributed by atoms with Crippen LogP contribution in [-0.4, -0.2) is 17.1 Å². The number of nitrogens with zero attached hydrogens (tertiary/aromatic N) is 2. The van der Waals surface area contributed by atoms with E-state index in [1.165, 1.54) is 0 Å². The number of nitrogens with two attached hydrogens (primary N) is 1. The van der Waals surface area contributed by atoms with Gasteiger partial charge in [0.2, 0.25) is 5.88 Å². The molecule has 76 valence electrons. The van der Waals surface area contributed by atoms with Crippen LogP contribution in [0.15, 0.2) is 36.8 Å². The SMILES string of the molecule is COc1cc(-c2ccncc2N)ccn1. The molecular formula is C11H11N3O. The Morgan fingerprint density at radius 2 is 2.13 bits per heavy atom. The first-order valence-electron chi connectivity index (χ1n) is 4.51. The summed E-state index contributed by atoms with van der Waals surface area (Å²) >= 11 is 0. The summed E-state index contributed by atoms with van der Waals surface area (Å²) in [5.41, 5.74) is 8.37. The molecule has 15 heavy (non-hydrogen) atoms. The van der Waals surface area contributed by atoms with Crippen molar-refractivity contribution in [2.75, 3.05) is 12.8 Å². The van der Waals surface area contributed by atoms with Gasteiger partial charge in [-0.05, 0) is 17.7 Å². The van der Waals surface area contributed by atoms with E-state index >= 15 is 0 Å². The van der Waals surface area contributed by atoms with Crippen LogP contribution in [0.4, 0.5) is 5.69 Å². The van der Waals surface area contributed by atoms with E-state index in [2.05, 4.69) is 9.97 Å². The molecule has 0 bridgehead atoms. The molecule has 2 heterocycles. The highest BCUT2D eigenvalue weighted by Crippen LogP contribution is 2.26. The van der Waals surface area contributed by atoms with Crippen molar-refractivity contribution < 1.29 is 4.74 Å². The molecule has 0 radical (unpaired) electrons. The van der Waals surface area contributed by atoms with Gasteiger partial charge in [0.1, 0.15) is 0 Å². The van der Waals surface area contributed by atoms with Crippen molar-refractivity contribution in [3.8, 4) is 17.0 Å². The first-order chi connectivity index (χ1) is 7.31. The van der Waals surface area contributed by atoms with Crippen molar-refractivity contribution in [1.82, 2.24) is 9.97 Å². The van der Waals surface area contributed by atoms with E-state index < -0.39 is 0 Å². The minimum Gasteiger partial charge on any atom is -0.481 e. The lowest BCUT2D eigenvalue weighted by Crippen LogP contribution is -1.92. The van der Waals surface area contributed by atoms with Crippen LogP contribution in [0.3, 0.4) is 0 Å². The van der Waals surface area contributed by atoms with Gasteiger partial charge in [-0.15, -0.1) is 0 Å². The number of hydrogen-bond acceptors (Lipinski definition) is 4. The van der Waals surface area contributed by atoms with Crippen LogP contribution in [0, 0.1) is 0 Å². The molecule has 0 aliphatic carbocycles. The molecule has 0 saturated carbocycles. The third-order valence-electron chi connectivity index (χ3n) is 2.11. The van der Waals surface area contributed by atoms with E-state index in [0.29, 0.717) is 11.6 Å². The Morgan fingerprint density at radius 1 is 1.27 bits per heavy atom. The second-order valence-corrected chi connectivity index (χ2v) is 3.05. The standard InChI is InChI=1S/C11H11N3O/c1-15-11-6-8(2-5-14-11)9-3-4-13-7-10(9)12/h2-7H,12H2,1H3. The molecule has 0 aliphatic rings. The fourth-order valence-electron chi connectivity index (χ4n) is 1.36. The van der Waals surface area contributed by atoms with E-state index in [1.54, 1.807) is 25.7 Å². The molecule has 0 fully saturated rings. The molecule has 0 aromatic carbocycles. The second kappa shape index (κ2) is 3.96. The Balaban J connectivity index is 2.49. The van der Waals surface area contributed by atoms with Gasteiger partial charge in [-0.25, -0.2) is 4.98 Å². The zero-order valence-electron chi connectivity index (χ0n) is 8.34.